The molecule has 0 saturated heterocycles. The molecule has 0 aliphatic carbocycles. The Kier molecular flexibility index (Phi) is 2.55. The molecule has 0 radical (unpaired) electrons. The molecule has 0 bridgehead atoms. The van der Waals surface area contributed by atoms with Crippen molar-refractivity contribution in [3.05, 3.63) is 53.6 Å². The highest BCUT2D eigenvalue weighted by molar-refractivity contribution is 5.98. The van der Waals surface area contributed by atoms with Crippen LogP contribution in [-0.2, 0) is 0 Å². The van der Waals surface area contributed by atoms with Crippen molar-refractivity contribution in [2.24, 2.45) is 0 Å². The minimum atomic E-state index is 0.502. The number of pyridine rings is 1. The fourth-order valence-electron chi connectivity index (χ4n) is 2.66. The van der Waals surface area contributed by atoms with E-state index in [4.69, 9.17) is 4.98 Å². The van der Waals surface area contributed by atoms with E-state index < -0.39 is 0 Å². The largest absolute Gasteiger partial charge is 0.248 e. The molecular formula is C17H17N. The summed E-state index contributed by atoms with van der Waals surface area (Å²) in [7, 11) is 0. The van der Waals surface area contributed by atoms with Crippen molar-refractivity contribution < 1.29 is 0 Å². The summed E-state index contributed by atoms with van der Waals surface area (Å²) in [6, 6.07) is 14.9. The van der Waals surface area contributed by atoms with Crippen LogP contribution >= 0.6 is 0 Å². The van der Waals surface area contributed by atoms with Crippen molar-refractivity contribution in [2.45, 2.75) is 26.7 Å². The molecule has 1 aromatic heterocycles. The standard InChI is InChI=1S/C17H17N/c1-11(2)17-13-6-4-5-7-15(13)18-16-9-8-12(3)10-14(16)17/h4-11H,1-3H3. The van der Waals surface area contributed by atoms with Gasteiger partial charge in [-0.1, -0.05) is 43.7 Å². The highest BCUT2D eigenvalue weighted by atomic mass is 14.7. The van der Waals surface area contributed by atoms with Gasteiger partial charge in [0.25, 0.3) is 0 Å². The number of rotatable bonds is 1. The average Bonchev–Trinajstić information content (AvgIpc) is 2.35. The van der Waals surface area contributed by atoms with E-state index in [9.17, 15) is 0 Å². The zero-order valence-electron chi connectivity index (χ0n) is 11.1. The molecule has 0 spiro atoms. The molecule has 0 aliphatic heterocycles. The Hall–Kier alpha value is -1.89. The van der Waals surface area contributed by atoms with E-state index in [1.54, 1.807) is 0 Å². The molecule has 1 nitrogen and oxygen atoms in total. The SMILES string of the molecule is Cc1ccc2nc3ccccc3c(C(C)C)c2c1. The molecule has 90 valence electrons. The minimum absolute atomic E-state index is 0.502. The molecule has 0 N–H and O–H groups in total. The summed E-state index contributed by atoms with van der Waals surface area (Å²) in [4.78, 5) is 4.76. The summed E-state index contributed by atoms with van der Waals surface area (Å²) in [5.74, 6) is 0.502. The zero-order valence-corrected chi connectivity index (χ0v) is 11.1. The second-order valence-electron chi connectivity index (χ2n) is 5.22. The predicted octanol–water partition coefficient (Wildman–Crippen LogP) is 4.82. The van der Waals surface area contributed by atoms with E-state index >= 15 is 0 Å². The molecule has 3 aromatic rings. The summed E-state index contributed by atoms with van der Waals surface area (Å²) < 4.78 is 0. The van der Waals surface area contributed by atoms with Crippen molar-refractivity contribution in [1.29, 1.82) is 0 Å². The number of hydrogen-bond acceptors (Lipinski definition) is 1. The zero-order chi connectivity index (χ0) is 12.7. The molecule has 1 heterocycles. The van der Waals surface area contributed by atoms with Crippen LogP contribution in [0.3, 0.4) is 0 Å². The van der Waals surface area contributed by atoms with Gasteiger partial charge in [0.1, 0.15) is 0 Å². The topological polar surface area (TPSA) is 12.9 Å². The van der Waals surface area contributed by atoms with Crippen molar-refractivity contribution >= 4 is 21.8 Å². The second-order valence-corrected chi connectivity index (χ2v) is 5.22. The molecule has 0 amide bonds. The summed E-state index contributed by atoms with van der Waals surface area (Å²) in [6.45, 7) is 6.64. The van der Waals surface area contributed by atoms with Gasteiger partial charge in [-0.25, -0.2) is 4.98 Å². The Morgan fingerprint density at radius 3 is 2.39 bits per heavy atom. The first kappa shape index (κ1) is 11.2. The number of hydrogen-bond donors (Lipinski definition) is 0. The molecule has 18 heavy (non-hydrogen) atoms. The van der Waals surface area contributed by atoms with Crippen molar-refractivity contribution in [3.63, 3.8) is 0 Å². The summed E-state index contributed by atoms with van der Waals surface area (Å²) in [6.07, 6.45) is 0. The lowest BCUT2D eigenvalue weighted by Crippen LogP contribution is -1.95. The van der Waals surface area contributed by atoms with Gasteiger partial charge >= 0.3 is 0 Å². The number of para-hydroxylation sites is 1. The molecule has 3 rings (SSSR count). The fraction of sp³-hybridized carbons (Fsp3) is 0.235. The molecule has 1 heteroatoms. The van der Waals surface area contributed by atoms with Gasteiger partial charge < -0.3 is 0 Å². The number of benzene rings is 2. The molecule has 0 saturated carbocycles. The van der Waals surface area contributed by atoms with Gasteiger partial charge in [0.05, 0.1) is 11.0 Å². The van der Waals surface area contributed by atoms with Gasteiger partial charge in [-0.05, 0) is 36.6 Å². The van der Waals surface area contributed by atoms with Crippen LogP contribution in [-0.4, -0.2) is 4.98 Å². The highest BCUT2D eigenvalue weighted by Gasteiger charge is 2.11. The first-order chi connectivity index (χ1) is 8.66. The molecule has 0 aliphatic rings. The van der Waals surface area contributed by atoms with Crippen LogP contribution < -0.4 is 0 Å². The maximum atomic E-state index is 4.76. The van der Waals surface area contributed by atoms with Crippen LogP contribution in [0.5, 0.6) is 0 Å². The fourth-order valence-corrected chi connectivity index (χ4v) is 2.66. The van der Waals surface area contributed by atoms with Crippen LogP contribution in [0.15, 0.2) is 42.5 Å². The van der Waals surface area contributed by atoms with Gasteiger partial charge in [-0.3, -0.25) is 0 Å². The normalized spacial score (nSPS) is 11.6. The summed E-state index contributed by atoms with van der Waals surface area (Å²) in [5.41, 5.74) is 4.90. The molecule has 2 aromatic carbocycles. The van der Waals surface area contributed by atoms with Crippen LogP contribution in [0.2, 0.25) is 0 Å². The van der Waals surface area contributed by atoms with E-state index in [0.717, 1.165) is 11.0 Å². The van der Waals surface area contributed by atoms with Gasteiger partial charge in [0.15, 0.2) is 0 Å². The smallest absolute Gasteiger partial charge is 0.0712 e. The minimum Gasteiger partial charge on any atom is -0.248 e. The van der Waals surface area contributed by atoms with Gasteiger partial charge in [0.2, 0.25) is 0 Å². The van der Waals surface area contributed by atoms with E-state index in [1.807, 2.05) is 0 Å². The first-order valence-electron chi connectivity index (χ1n) is 6.46. The Labute approximate surface area is 107 Å². The van der Waals surface area contributed by atoms with Crippen LogP contribution in [0.1, 0.15) is 30.9 Å². The molecule has 0 unspecified atom stereocenters. The summed E-state index contributed by atoms with van der Waals surface area (Å²) >= 11 is 0. The lowest BCUT2D eigenvalue weighted by Gasteiger charge is -2.14. The monoisotopic (exact) mass is 235 g/mol. The summed E-state index contributed by atoms with van der Waals surface area (Å²) in [5, 5.41) is 2.58. The third kappa shape index (κ3) is 1.67. The highest BCUT2D eigenvalue weighted by Crippen LogP contribution is 2.31. The maximum absolute atomic E-state index is 4.76. The molecule has 0 atom stereocenters. The Balaban J connectivity index is 2.55. The van der Waals surface area contributed by atoms with E-state index in [2.05, 4.69) is 63.2 Å². The van der Waals surface area contributed by atoms with Crippen molar-refractivity contribution in [2.75, 3.05) is 0 Å². The Bertz CT molecular complexity index is 726. The van der Waals surface area contributed by atoms with Crippen LogP contribution in [0.25, 0.3) is 21.8 Å². The Morgan fingerprint density at radius 1 is 0.889 bits per heavy atom. The van der Waals surface area contributed by atoms with Crippen molar-refractivity contribution in [3.8, 4) is 0 Å². The third-order valence-electron chi connectivity index (χ3n) is 3.45. The van der Waals surface area contributed by atoms with Crippen LogP contribution in [0, 0.1) is 6.92 Å². The first-order valence-corrected chi connectivity index (χ1v) is 6.46. The average molecular weight is 235 g/mol. The van der Waals surface area contributed by atoms with Crippen molar-refractivity contribution in [1.82, 2.24) is 4.98 Å². The quantitative estimate of drug-likeness (QED) is 0.551. The number of fused-ring (bicyclic) bond motifs is 2. The molecular weight excluding hydrogens is 218 g/mol. The van der Waals surface area contributed by atoms with E-state index in [0.29, 0.717) is 5.92 Å². The lowest BCUT2D eigenvalue weighted by molar-refractivity contribution is 0.884. The number of aryl methyl sites for hydroxylation is 1. The number of aromatic nitrogens is 1. The Morgan fingerprint density at radius 2 is 1.61 bits per heavy atom. The molecule has 0 fully saturated rings. The third-order valence-corrected chi connectivity index (χ3v) is 3.45. The maximum Gasteiger partial charge on any atom is 0.0712 e. The predicted molar refractivity (Wildman–Crippen MR) is 78.1 cm³/mol. The van der Waals surface area contributed by atoms with Gasteiger partial charge in [-0.15, -0.1) is 0 Å². The van der Waals surface area contributed by atoms with Crippen LogP contribution in [0.4, 0.5) is 0 Å². The van der Waals surface area contributed by atoms with Gasteiger partial charge in [-0.2, -0.15) is 0 Å². The van der Waals surface area contributed by atoms with E-state index in [1.165, 1.54) is 21.9 Å². The second kappa shape index (κ2) is 4.09. The lowest BCUT2D eigenvalue weighted by atomic mass is 9.93. The number of nitrogens with zero attached hydrogens (tertiary/aromatic N) is 1. The van der Waals surface area contributed by atoms with E-state index in [-0.39, 0.29) is 0 Å². The van der Waals surface area contributed by atoms with Gasteiger partial charge in [0, 0.05) is 10.8 Å².